The fraction of sp³-hybridized carbons (Fsp3) is 0.545. The largest absolute Gasteiger partial charge is 0.468 e. The molecule has 0 bridgehead atoms. The molecule has 0 amide bonds. The van der Waals surface area contributed by atoms with E-state index in [0.29, 0.717) is 0 Å². The number of halogens is 1. The predicted octanol–water partition coefficient (Wildman–Crippen LogP) is 3.39. The Morgan fingerprint density at radius 3 is 2.60 bits per heavy atom. The zero-order valence-corrected chi connectivity index (χ0v) is 20.0. The number of rotatable bonds is 7. The lowest BCUT2D eigenvalue weighted by molar-refractivity contribution is 0.215. The molecule has 164 valence electrons. The topological polar surface area (TPSA) is 68.9 Å². The van der Waals surface area contributed by atoms with Gasteiger partial charge in [0.2, 0.25) is 0 Å². The lowest BCUT2D eigenvalue weighted by Gasteiger charge is -2.26. The molecule has 0 saturated carbocycles. The van der Waals surface area contributed by atoms with Crippen LogP contribution in [0.25, 0.3) is 0 Å². The molecule has 2 saturated heterocycles. The summed E-state index contributed by atoms with van der Waals surface area (Å²) < 4.78 is 5.71. The van der Waals surface area contributed by atoms with E-state index in [1.54, 1.807) is 6.26 Å². The molecule has 0 aliphatic carbocycles. The molecule has 8 heteroatoms. The standard InChI is InChI=1S/C22H32N6O.HI/c1-23-22(25-16-18-8-9-24-21(15-18)28-12-4-5-13-28)26-17-19(20-7-6-14-29-20)27-10-2-3-11-27;/h6-9,14-15,19H,2-5,10-13,16-17H2,1H3,(H2,23,25,26);1H. The van der Waals surface area contributed by atoms with Crippen LogP contribution in [-0.2, 0) is 6.54 Å². The highest BCUT2D eigenvalue weighted by Crippen LogP contribution is 2.25. The maximum atomic E-state index is 5.71. The van der Waals surface area contributed by atoms with Gasteiger partial charge in [0, 0.05) is 39.4 Å². The fourth-order valence-electron chi connectivity index (χ4n) is 4.23. The maximum absolute atomic E-state index is 5.71. The molecule has 4 heterocycles. The highest BCUT2D eigenvalue weighted by molar-refractivity contribution is 14.0. The van der Waals surface area contributed by atoms with E-state index in [1.807, 2.05) is 19.3 Å². The number of likely N-dealkylation sites (tertiary alicyclic amines) is 1. The zero-order valence-electron chi connectivity index (χ0n) is 17.7. The number of pyridine rings is 1. The second kappa shape index (κ2) is 11.5. The van der Waals surface area contributed by atoms with E-state index in [2.05, 4.69) is 48.6 Å². The number of furan rings is 1. The van der Waals surface area contributed by atoms with Gasteiger partial charge in [0.1, 0.15) is 11.6 Å². The van der Waals surface area contributed by atoms with Gasteiger partial charge in [0.25, 0.3) is 0 Å². The Morgan fingerprint density at radius 2 is 1.90 bits per heavy atom. The molecule has 2 aromatic heterocycles. The van der Waals surface area contributed by atoms with E-state index in [0.717, 1.165) is 56.8 Å². The molecular formula is C22H33IN6O. The van der Waals surface area contributed by atoms with Crippen LogP contribution in [0.4, 0.5) is 5.82 Å². The summed E-state index contributed by atoms with van der Waals surface area (Å²) >= 11 is 0. The number of hydrogen-bond acceptors (Lipinski definition) is 5. The molecule has 1 unspecified atom stereocenters. The average molecular weight is 524 g/mol. The van der Waals surface area contributed by atoms with E-state index in [9.17, 15) is 0 Å². The van der Waals surface area contributed by atoms with Gasteiger partial charge in [-0.25, -0.2) is 4.98 Å². The van der Waals surface area contributed by atoms with Gasteiger partial charge >= 0.3 is 0 Å². The van der Waals surface area contributed by atoms with Crippen molar-refractivity contribution in [3.8, 4) is 0 Å². The Morgan fingerprint density at radius 1 is 1.13 bits per heavy atom. The quantitative estimate of drug-likeness (QED) is 0.329. The molecule has 0 aromatic carbocycles. The van der Waals surface area contributed by atoms with Crippen LogP contribution in [0.3, 0.4) is 0 Å². The van der Waals surface area contributed by atoms with E-state index in [4.69, 9.17) is 4.42 Å². The van der Waals surface area contributed by atoms with E-state index in [-0.39, 0.29) is 30.0 Å². The van der Waals surface area contributed by atoms with Gasteiger partial charge in [-0.15, -0.1) is 24.0 Å². The van der Waals surface area contributed by atoms with Crippen molar-refractivity contribution in [2.24, 2.45) is 4.99 Å². The number of aromatic nitrogens is 1. The van der Waals surface area contributed by atoms with Crippen LogP contribution < -0.4 is 15.5 Å². The second-order valence-electron chi connectivity index (χ2n) is 7.80. The Balaban J connectivity index is 0.00000256. The summed E-state index contributed by atoms with van der Waals surface area (Å²) in [5.41, 5.74) is 1.21. The fourth-order valence-corrected chi connectivity index (χ4v) is 4.23. The van der Waals surface area contributed by atoms with Crippen molar-refractivity contribution in [1.82, 2.24) is 20.5 Å². The summed E-state index contributed by atoms with van der Waals surface area (Å²) in [7, 11) is 1.81. The molecule has 4 rings (SSSR count). The number of nitrogens with zero attached hydrogens (tertiary/aromatic N) is 4. The Labute approximate surface area is 196 Å². The molecule has 2 aliphatic rings. The summed E-state index contributed by atoms with van der Waals surface area (Å²) in [5, 5.41) is 6.92. The van der Waals surface area contributed by atoms with Crippen molar-refractivity contribution >= 4 is 35.8 Å². The summed E-state index contributed by atoms with van der Waals surface area (Å²) in [5.74, 6) is 2.90. The molecule has 0 radical (unpaired) electrons. The Bertz CT molecular complexity index is 785. The lowest BCUT2D eigenvalue weighted by Crippen LogP contribution is -2.42. The van der Waals surface area contributed by atoms with Gasteiger partial charge in [0.05, 0.1) is 12.3 Å². The molecule has 2 aliphatic heterocycles. The van der Waals surface area contributed by atoms with Crippen molar-refractivity contribution in [1.29, 1.82) is 0 Å². The van der Waals surface area contributed by atoms with E-state index >= 15 is 0 Å². The minimum atomic E-state index is 0. The van der Waals surface area contributed by atoms with Crippen LogP contribution in [0.5, 0.6) is 0 Å². The van der Waals surface area contributed by atoms with Crippen LogP contribution in [0.2, 0.25) is 0 Å². The van der Waals surface area contributed by atoms with Gasteiger partial charge in [-0.05, 0) is 68.6 Å². The van der Waals surface area contributed by atoms with Crippen molar-refractivity contribution in [2.75, 3.05) is 44.7 Å². The van der Waals surface area contributed by atoms with Gasteiger partial charge < -0.3 is 20.0 Å². The lowest BCUT2D eigenvalue weighted by atomic mass is 10.2. The Kier molecular flexibility index (Phi) is 8.80. The average Bonchev–Trinajstić information content (AvgIpc) is 3.54. The van der Waals surface area contributed by atoms with E-state index in [1.165, 1.54) is 31.2 Å². The van der Waals surface area contributed by atoms with Crippen LogP contribution in [0, 0.1) is 0 Å². The molecule has 7 nitrogen and oxygen atoms in total. The van der Waals surface area contributed by atoms with Crippen LogP contribution in [0.1, 0.15) is 43.0 Å². The number of anilines is 1. The normalized spacial score (nSPS) is 18.3. The maximum Gasteiger partial charge on any atom is 0.191 e. The van der Waals surface area contributed by atoms with Crippen LogP contribution in [-0.4, -0.2) is 55.6 Å². The van der Waals surface area contributed by atoms with Crippen molar-refractivity contribution in [3.63, 3.8) is 0 Å². The third-order valence-electron chi connectivity index (χ3n) is 5.84. The van der Waals surface area contributed by atoms with Gasteiger partial charge in [0.15, 0.2) is 5.96 Å². The van der Waals surface area contributed by atoms with Crippen molar-refractivity contribution < 1.29 is 4.42 Å². The molecule has 2 N–H and O–H groups in total. The summed E-state index contributed by atoms with van der Waals surface area (Å²) in [6.45, 7) is 5.95. The van der Waals surface area contributed by atoms with Gasteiger partial charge in [-0.2, -0.15) is 0 Å². The first kappa shape index (κ1) is 22.9. The number of guanidine groups is 1. The third-order valence-corrected chi connectivity index (χ3v) is 5.84. The number of hydrogen-bond donors (Lipinski definition) is 2. The smallest absolute Gasteiger partial charge is 0.191 e. The summed E-state index contributed by atoms with van der Waals surface area (Å²) in [6.07, 6.45) is 8.69. The zero-order chi connectivity index (χ0) is 19.9. The number of nitrogens with one attached hydrogen (secondary N) is 2. The molecule has 2 aromatic rings. The van der Waals surface area contributed by atoms with E-state index < -0.39 is 0 Å². The van der Waals surface area contributed by atoms with Crippen LogP contribution >= 0.6 is 24.0 Å². The molecule has 30 heavy (non-hydrogen) atoms. The van der Waals surface area contributed by atoms with Crippen molar-refractivity contribution in [3.05, 3.63) is 48.0 Å². The minimum Gasteiger partial charge on any atom is -0.468 e. The predicted molar refractivity (Wildman–Crippen MR) is 132 cm³/mol. The summed E-state index contributed by atoms with van der Waals surface area (Å²) in [4.78, 5) is 13.8. The highest BCUT2D eigenvalue weighted by Gasteiger charge is 2.25. The first-order valence-electron chi connectivity index (χ1n) is 10.8. The second-order valence-corrected chi connectivity index (χ2v) is 7.80. The first-order valence-corrected chi connectivity index (χ1v) is 10.8. The molecule has 0 spiro atoms. The Hall–Kier alpha value is -1.81. The van der Waals surface area contributed by atoms with Crippen molar-refractivity contribution in [2.45, 2.75) is 38.3 Å². The highest BCUT2D eigenvalue weighted by atomic mass is 127. The number of aliphatic imine (C=N–C) groups is 1. The summed E-state index contributed by atoms with van der Waals surface area (Å²) in [6, 6.07) is 8.51. The molecule has 1 atom stereocenters. The molecular weight excluding hydrogens is 491 g/mol. The SMILES string of the molecule is CN=C(NCc1ccnc(N2CCCC2)c1)NCC(c1ccco1)N1CCCC1.I. The third kappa shape index (κ3) is 5.87. The first-order chi connectivity index (χ1) is 14.3. The molecule has 2 fully saturated rings. The monoisotopic (exact) mass is 524 g/mol. The van der Waals surface area contributed by atoms with Gasteiger partial charge in [-0.3, -0.25) is 9.89 Å². The van der Waals surface area contributed by atoms with Gasteiger partial charge in [-0.1, -0.05) is 0 Å². The van der Waals surface area contributed by atoms with Crippen LogP contribution in [0.15, 0.2) is 46.1 Å². The minimum absolute atomic E-state index is 0.